The lowest BCUT2D eigenvalue weighted by Crippen LogP contribution is -2.50. The van der Waals surface area contributed by atoms with E-state index in [2.05, 4.69) is 23.5 Å². The molecule has 0 aliphatic heterocycles. The topological polar surface area (TPSA) is 55.1 Å². The van der Waals surface area contributed by atoms with E-state index in [4.69, 9.17) is 5.73 Å². The van der Waals surface area contributed by atoms with Crippen molar-refractivity contribution < 1.29 is 4.79 Å². The summed E-state index contributed by atoms with van der Waals surface area (Å²) in [5, 5.41) is 3.21. The van der Waals surface area contributed by atoms with Crippen molar-refractivity contribution in [2.45, 2.75) is 38.1 Å². The van der Waals surface area contributed by atoms with E-state index in [-0.39, 0.29) is 17.4 Å². The minimum atomic E-state index is -0.266. The molecule has 1 aromatic carbocycles. The molecule has 1 aromatic rings. The number of hydrogen-bond acceptors (Lipinski definition) is 2. The first-order chi connectivity index (χ1) is 8.75. The summed E-state index contributed by atoms with van der Waals surface area (Å²) in [6.07, 6.45) is 5.11. The summed E-state index contributed by atoms with van der Waals surface area (Å²) < 4.78 is 0. The number of nitrogens with two attached hydrogens (primary N) is 1. The van der Waals surface area contributed by atoms with E-state index in [1.165, 1.54) is 11.1 Å². The van der Waals surface area contributed by atoms with Gasteiger partial charge in [0.1, 0.15) is 0 Å². The summed E-state index contributed by atoms with van der Waals surface area (Å²) >= 11 is 0. The van der Waals surface area contributed by atoms with Crippen molar-refractivity contribution >= 4 is 5.91 Å². The number of benzene rings is 1. The molecule has 3 rings (SSSR count). The van der Waals surface area contributed by atoms with Crippen molar-refractivity contribution in [1.29, 1.82) is 0 Å². The van der Waals surface area contributed by atoms with Gasteiger partial charge in [-0.25, -0.2) is 0 Å². The molecule has 1 unspecified atom stereocenters. The molecule has 2 aliphatic rings. The number of carbonyl (C=O) groups is 1. The van der Waals surface area contributed by atoms with Crippen LogP contribution in [0.4, 0.5) is 0 Å². The van der Waals surface area contributed by atoms with Gasteiger partial charge in [0.2, 0.25) is 5.91 Å². The molecule has 0 bridgehead atoms. The van der Waals surface area contributed by atoms with Crippen molar-refractivity contribution in [3.8, 4) is 0 Å². The summed E-state index contributed by atoms with van der Waals surface area (Å²) in [4.78, 5) is 12.4. The van der Waals surface area contributed by atoms with Gasteiger partial charge in [0.05, 0.1) is 11.5 Å². The van der Waals surface area contributed by atoms with Crippen LogP contribution in [0.1, 0.15) is 42.9 Å². The Balaban J connectivity index is 1.73. The number of hydrogen-bond donors (Lipinski definition) is 2. The van der Waals surface area contributed by atoms with Crippen LogP contribution in [0.25, 0.3) is 0 Å². The van der Waals surface area contributed by atoms with Crippen molar-refractivity contribution in [2.24, 2.45) is 11.1 Å². The van der Waals surface area contributed by atoms with Crippen molar-refractivity contribution in [1.82, 2.24) is 5.32 Å². The number of amides is 1. The van der Waals surface area contributed by atoms with Crippen molar-refractivity contribution in [3.63, 3.8) is 0 Å². The third-order valence-corrected chi connectivity index (χ3v) is 4.62. The maximum absolute atomic E-state index is 12.4. The minimum Gasteiger partial charge on any atom is -0.349 e. The first-order valence-corrected chi connectivity index (χ1v) is 6.84. The van der Waals surface area contributed by atoms with Gasteiger partial charge in [-0.1, -0.05) is 30.7 Å². The summed E-state index contributed by atoms with van der Waals surface area (Å²) in [6.45, 7) is 0.479. The second-order valence-electron chi connectivity index (χ2n) is 5.60. The highest BCUT2D eigenvalue weighted by molar-refractivity contribution is 5.84. The van der Waals surface area contributed by atoms with Crippen LogP contribution in [-0.4, -0.2) is 12.5 Å². The Morgan fingerprint density at radius 3 is 2.83 bits per heavy atom. The number of fused-ring (bicyclic) bond motifs is 1. The predicted molar refractivity (Wildman–Crippen MR) is 71.0 cm³/mol. The molecule has 3 nitrogen and oxygen atoms in total. The average Bonchev–Trinajstić information content (AvgIpc) is 2.72. The number of rotatable bonds is 3. The standard InChI is InChI=1S/C15H20N2O/c16-10-15(8-3-9-15)14(18)17-13-7-6-11-4-1-2-5-12(11)13/h1-2,4-5,13H,3,6-10,16H2,(H,17,18). The SMILES string of the molecule is NCC1(C(=O)NC2CCc3ccccc32)CCC1. The molecular formula is C15H20N2O. The Kier molecular flexibility index (Phi) is 2.86. The molecule has 96 valence electrons. The lowest BCUT2D eigenvalue weighted by Gasteiger charge is -2.39. The Morgan fingerprint density at radius 1 is 1.39 bits per heavy atom. The molecule has 0 heterocycles. The molecule has 3 heteroatoms. The number of carbonyl (C=O) groups excluding carboxylic acids is 1. The molecule has 2 aliphatic carbocycles. The molecule has 0 spiro atoms. The van der Waals surface area contributed by atoms with E-state index in [0.29, 0.717) is 6.54 Å². The van der Waals surface area contributed by atoms with Gasteiger partial charge in [-0.15, -0.1) is 0 Å². The van der Waals surface area contributed by atoms with Gasteiger partial charge < -0.3 is 11.1 Å². The van der Waals surface area contributed by atoms with E-state index in [1.807, 2.05) is 6.07 Å². The first-order valence-electron chi connectivity index (χ1n) is 6.84. The van der Waals surface area contributed by atoms with E-state index in [0.717, 1.165) is 32.1 Å². The summed E-state index contributed by atoms with van der Waals surface area (Å²) in [5.74, 6) is 0.165. The van der Waals surface area contributed by atoms with Crippen molar-refractivity contribution in [3.05, 3.63) is 35.4 Å². The molecule has 1 fully saturated rings. The lowest BCUT2D eigenvalue weighted by molar-refractivity contribution is -0.136. The molecule has 0 radical (unpaired) electrons. The molecule has 1 amide bonds. The van der Waals surface area contributed by atoms with Crippen molar-refractivity contribution in [2.75, 3.05) is 6.54 Å². The van der Waals surface area contributed by atoms with Gasteiger partial charge in [-0.3, -0.25) is 4.79 Å². The third-order valence-electron chi connectivity index (χ3n) is 4.62. The van der Waals surface area contributed by atoms with Crippen LogP contribution in [0.15, 0.2) is 24.3 Å². The summed E-state index contributed by atoms with van der Waals surface area (Å²) in [6, 6.07) is 8.59. The van der Waals surface area contributed by atoms with Crippen LogP contribution >= 0.6 is 0 Å². The fraction of sp³-hybridized carbons (Fsp3) is 0.533. The maximum Gasteiger partial charge on any atom is 0.227 e. The zero-order valence-electron chi connectivity index (χ0n) is 10.6. The largest absolute Gasteiger partial charge is 0.349 e. The Hall–Kier alpha value is -1.35. The second kappa shape index (κ2) is 4.39. The van der Waals surface area contributed by atoms with Gasteiger partial charge in [0, 0.05) is 6.54 Å². The number of nitrogens with one attached hydrogen (secondary N) is 1. The molecule has 0 aromatic heterocycles. The molecule has 1 atom stereocenters. The fourth-order valence-electron chi connectivity index (χ4n) is 3.15. The smallest absolute Gasteiger partial charge is 0.227 e. The van der Waals surface area contributed by atoms with Crippen LogP contribution in [0.2, 0.25) is 0 Å². The van der Waals surface area contributed by atoms with Crippen LogP contribution in [0.5, 0.6) is 0 Å². The van der Waals surface area contributed by atoms with E-state index in [9.17, 15) is 4.79 Å². The molecule has 1 saturated carbocycles. The lowest BCUT2D eigenvalue weighted by atomic mass is 9.68. The molecule has 3 N–H and O–H groups in total. The predicted octanol–water partition coefficient (Wildman–Crippen LogP) is 1.92. The van der Waals surface area contributed by atoms with Gasteiger partial charge in [-0.05, 0) is 36.8 Å². The second-order valence-corrected chi connectivity index (χ2v) is 5.60. The molecule has 18 heavy (non-hydrogen) atoms. The van der Waals surface area contributed by atoms with Gasteiger partial charge in [-0.2, -0.15) is 0 Å². The van der Waals surface area contributed by atoms with Gasteiger partial charge in [0.25, 0.3) is 0 Å². The Labute approximate surface area is 108 Å². The van der Waals surface area contributed by atoms with Gasteiger partial charge in [0.15, 0.2) is 0 Å². The van der Waals surface area contributed by atoms with Gasteiger partial charge >= 0.3 is 0 Å². The third kappa shape index (κ3) is 1.74. The highest BCUT2D eigenvalue weighted by Crippen LogP contribution is 2.41. The number of aryl methyl sites for hydroxylation is 1. The average molecular weight is 244 g/mol. The van der Waals surface area contributed by atoms with E-state index < -0.39 is 0 Å². The van der Waals surface area contributed by atoms with Crippen LogP contribution in [0, 0.1) is 5.41 Å². The highest BCUT2D eigenvalue weighted by atomic mass is 16.2. The minimum absolute atomic E-state index is 0.165. The monoisotopic (exact) mass is 244 g/mol. The van der Waals surface area contributed by atoms with Crippen LogP contribution in [0.3, 0.4) is 0 Å². The summed E-state index contributed by atoms with van der Waals surface area (Å²) in [7, 11) is 0. The molecular weight excluding hydrogens is 224 g/mol. The Bertz CT molecular complexity index is 460. The fourth-order valence-corrected chi connectivity index (χ4v) is 3.15. The zero-order valence-corrected chi connectivity index (χ0v) is 10.6. The van der Waals surface area contributed by atoms with Crippen LogP contribution < -0.4 is 11.1 Å². The first kappa shape index (κ1) is 11.7. The molecule has 0 saturated heterocycles. The van der Waals surface area contributed by atoms with Crippen LogP contribution in [-0.2, 0) is 11.2 Å². The van der Waals surface area contributed by atoms with E-state index >= 15 is 0 Å². The van der Waals surface area contributed by atoms with E-state index in [1.54, 1.807) is 0 Å². The highest BCUT2D eigenvalue weighted by Gasteiger charge is 2.43. The quantitative estimate of drug-likeness (QED) is 0.853. The maximum atomic E-state index is 12.4. The summed E-state index contributed by atoms with van der Waals surface area (Å²) in [5.41, 5.74) is 8.17. The normalized spacial score (nSPS) is 24.2. The Morgan fingerprint density at radius 2 is 2.17 bits per heavy atom. The zero-order chi connectivity index (χ0) is 12.6.